The topological polar surface area (TPSA) is 92.7 Å². The number of carboxylic acids is 1. The van der Waals surface area contributed by atoms with Crippen molar-refractivity contribution in [2.24, 2.45) is 0 Å². The second-order valence-electron chi connectivity index (χ2n) is 4.29. The van der Waals surface area contributed by atoms with Gasteiger partial charge in [0, 0.05) is 18.4 Å². The lowest BCUT2D eigenvalue weighted by molar-refractivity contribution is -0.140. The lowest BCUT2D eigenvalue weighted by Gasteiger charge is -2.12. The monoisotopic (exact) mass is 311 g/mol. The molecule has 1 amide bonds. The highest BCUT2D eigenvalue weighted by Crippen LogP contribution is 2.14. The fourth-order valence-electron chi connectivity index (χ4n) is 1.57. The first kappa shape index (κ1) is 17.0. The Labute approximate surface area is 126 Å². The van der Waals surface area contributed by atoms with Crippen molar-refractivity contribution >= 4 is 29.6 Å². The van der Waals surface area contributed by atoms with E-state index in [-0.39, 0.29) is 11.7 Å². The second kappa shape index (κ2) is 8.31. The average Bonchev–Trinajstić information content (AvgIpc) is 2.45. The number of aliphatic carboxylic acids is 1. The normalized spacial score (nSPS) is 11.5. The molecule has 0 radical (unpaired) electrons. The summed E-state index contributed by atoms with van der Waals surface area (Å²) in [6.45, 7) is 1.28. The number of methoxy groups -OCH3 is 1. The van der Waals surface area contributed by atoms with Crippen LogP contribution in [0.15, 0.2) is 24.3 Å². The highest BCUT2D eigenvalue weighted by molar-refractivity contribution is 7.98. The summed E-state index contributed by atoms with van der Waals surface area (Å²) in [5, 5.41) is 11.3. The number of carbonyl (C=O) groups excluding carboxylic acids is 2. The van der Waals surface area contributed by atoms with Crippen LogP contribution in [0.4, 0.5) is 0 Å². The average molecular weight is 311 g/mol. The van der Waals surface area contributed by atoms with Crippen LogP contribution < -0.4 is 5.32 Å². The Morgan fingerprint density at radius 2 is 1.90 bits per heavy atom. The van der Waals surface area contributed by atoms with Gasteiger partial charge in [0.15, 0.2) is 0 Å². The van der Waals surface area contributed by atoms with E-state index >= 15 is 0 Å². The molecule has 0 unspecified atom stereocenters. The first-order chi connectivity index (χ1) is 9.93. The van der Waals surface area contributed by atoms with Crippen LogP contribution in [0.1, 0.15) is 22.8 Å². The summed E-state index contributed by atoms with van der Waals surface area (Å²) in [5.74, 6) is -0.964. The van der Waals surface area contributed by atoms with E-state index in [9.17, 15) is 14.4 Å². The number of rotatable bonds is 7. The molecule has 1 atom stereocenters. The maximum absolute atomic E-state index is 11.3. The van der Waals surface area contributed by atoms with Crippen molar-refractivity contribution in [1.29, 1.82) is 0 Å². The zero-order valence-corrected chi connectivity index (χ0v) is 12.6. The largest absolute Gasteiger partial charge is 0.480 e. The predicted molar refractivity (Wildman–Crippen MR) is 79.2 cm³/mol. The highest BCUT2D eigenvalue weighted by Gasteiger charge is 2.17. The Balaban J connectivity index is 2.49. The van der Waals surface area contributed by atoms with Gasteiger partial charge in [0.25, 0.3) is 0 Å². The summed E-state index contributed by atoms with van der Waals surface area (Å²) in [6, 6.07) is 5.98. The van der Waals surface area contributed by atoms with Crippen LogP contribution in [0.5, 0.6) is 0 Å². The molecular weight excluding hydrogens is 294 g/mol. The van der Waals surface area contributed by atoms with E-state index in [1.807, 2.05) is 0 Å². The maximum Gasteiger partial charge on any atom is 0.337 e. The van der Waals surface area contributed by atoms with E-state index in [2.05, 4.69) is 10.1 Å². The third-order valence-corrected chi connectivity index (χ3v) is 3.71. The molecule has 6 nitrogen and oxygen atoms in total. The molecule has 0 aliphatic carbocycles. The lowest BCUT2D eigenvalue weighted by Crippen LogP contribution is -2.41. The number of hydrogen-bond acceptors (Lipinski definition) is 5. The van der Waals surface area contributed by atoms with Gasteiger partial charge in [-0.2, -0.15) is 11.8 Å². The summed E-state index contributed by atoms with van der Waals surface area (Å²) < 4.78 is 4.60. The van der Waals surface area contributed by atoms with Crippen LogP contribution in [0.25, 0.3) is 0 Å². The minimum atomic E-state index is -1.06. The molecule has 1 rings (SSSR count). The van der Waals surface area contributed by atoms with Crippen molar-refractivity contribution < 1.29 is 24.2 Å². The van der Waals surface area contributed by atoms with E-state index in [1.165, 1.54) is 25.8 Å². The lowest BCUT2D eigenvalue weighted by atomic mass is 10.1. The third-order valence-electron chi connectivity index (χ3n) is 2.60. The van der Waals surface area contributed by atoms with Crippen molar-refractivity contribution in [3.05, 3.63) is 35.4 Å². The number of nitrogens with one attached hydrogen (secondary N) is 1. The van der Waals surface area contributed by atoms with Gasteiger partial charge >= 0.3 is 11.9 Å². The Morgan fingerprint density at radius 1 is 1.29 bits per heavy atom. The maximum atomic E-state index is 11.3. The second-order valence-corrected chi connectivity index (χ2v) is 5.33. The third kappa shape index (κ3) is 5.86. The van der Waals surface area contributed by atoms with Gasteiger partial charge in [0.05, 0.1) is 12.7 Å². The molecule has 0 spiro atoms. The van der Waals surface area contributed by atoms with Crippen molar-refractivity contribution in [3.63, 3.8) is 0 Å². The highest BCUT2D eigenvalue weighted by atomic mass is 32.2. The molecule has 0 saturated heterocycles. The summed E-state index contributed by atoms with van der Waals surface area (Å²) in [4.78, 5) is 33.1. The number of carboxylic acid groups (broad SMARTS) is 1. The van der Waals surface area contributed by atoms with E-state index in [4.69, 9.17) is 5.11 Å². The van der Waals surface area contributed by atoms with E-state index in [1.54, 1.807) is 24.3 Å². The molecule has 114 valence electrons. The molecule has 1 aromatic rings. The molecule has 0 heterocycles. The van der Waals surface area contributed by atoms with Crippen molar-refractivity contribution in [3.8, 4) is 0 Å². The molecule has 21 heavy (non-hydrogen) atoms. The number of hydrogen-bond donors (Lipinski definition) is 2. The summed E-state index contributed by atoms with van der Waals surface area (Å²) in [5.41, 5.74) is 1.42. The molecule has 1 aromatic carbocycles. The van der Waals surface area contributed by atoms with Crippen LogP contribution >= 0.6 is 11.8 Å². The van der Waals surface area contributed by atoms with Crippen LogP contribution in [-0.4, -0.2) is 41.9 Å². The smallest absolute Gasteiger partial charge is 0.337 e. The van der Waals surface area contributed by atoms with Gasteiger partial charge in [0.2, 0.25) is 5.91 Å². The molecule has 0 bridgehead atoms. The zero-order valence-electron chi connectivity index (χ0n) is 11.8. The number of esters is 1. The van der Waals surface area contributed by atoms with E-state index in [0.29, 0.717) is 11.3 Å². The predicted octanol–water partition coefficient (Wildman–Crippen LogP) is 1.30. The first-order valence-corrected chi connectivity index (χ1v) is 7.34. The molecule has 0 saturated carbocycles. The molecular formula is C14H17NO5S. The van der Waals surface area contributed by atoms with Crippen LogP contribution in [0, 0.1) is 0 Å². The van der Waals surface area contributed by atoms with Gasteiger partial charge in [-0.25, -0.2) is 9.59 Å². The fourth-order valence-corrected chi connectivity index (χ4v) is 2.58. The fraction of sp³-hybridized carbons (Fsp3) is 0.357. The van der Waals surface area contributed by atoms with Gasteiger partial charge in [-0.15, -0.1) is 0 Å². The van der Waals surface area contributed by atoms with Crippen molar-refractivity contribution in [1.82, 2.24) is 5.32 Å². The number of carbonyl (C=O) groups is 3. The minimum Gasteiger partial charge on any atom is -0.480 e. The van der Waals surface area contributed by atoms with Gasteiger partial charge in [0.1, 0.15) is 6.04 Å². The van der Waals surface area contributed by atoms with Gasteiger partial charge in [-0.3, -0.25) is 4.79 Å². The first-order valence-electron chi connectivity index (χ1n) is 6.19. The van der Waals surface area contributed by atoms with Gasteiger partial charge < -0.3 is 15.2 Å². The van der Waals surface area contributed by atoms with Gasteiger partial charge in [-0.05, 0) is 17.7 Å². The number of amides is 1. The minimum absolute atomic E-state index is 0.271. The zero-order chi connectivity index (χ0) is 15.8. The number of benzene rings is 1. The summed E-state index contributed by atoms with van der Waals surface area (Å²) in [6.07, 6.45) is 0. The molecule has 0 aliphatic rings. The SMILES string of the molecule is COC(=O)c1ccc(CSC[C@H](NC(C)=O)C(=O)O)cc1. The molecule has 0 fully saturated rings. The van der Waals surface area contributed by atoms with Gasteiger partial charge in [-0.1, -0.05) is 12.1 Å². The summed E-state index contributed by atoms with van der Waals surface area (Å²) in [7, 11) is 1.32. The standard InChI is InChI=1S/C14H17NO5S/c1-9(16)15-12(13(17)18)8-21-7-10-3-5-11(6-4-10)14(19)20-2/h3-6,12H,7-8H2,1-2H3,(H,15,16)(H,17,18)/t12-/m0/s1. The molecule has 2 N–H and O–H groups in total. The van der Waals surface area contributed by atoms with E-state index < -0.39 is 18.0 Å². The Kier molecular flexibility index (Phi) is 6.74. The van der Waals surface area contributed by atoms with Crippen LogP contribution in [0.3, 0.4) is 0 Å². The molecule has 7 heteroatoms. The summed E-state index contributed by atoms with van der Waals surface area (Å²) >= 11 is 1.39. The quantitative estimate of drug-likeness (QED) is 0.737. The molecule has 0 aliphatic heterocycles. The number of ether oxygens (including phenoxy) is 1. The van der Waals surface area contributed by atoms with E-state index in [0.717, 1.165) is 5.56 Å². The van der Waals surface area contributed by atoms with Crippen molar-refractivity contribution in [2.45, 2.75) is 18.7 Å². The van der Waals surface area contributed by atoms with Crippen LogP contribution in [0.2, 0.25) is 0 Å². The Hall–Kier alpha value is -2.02. The Bertz CT molecular complexity index is 515. The number of thioether (sulfide) groups is 1. The van der Waals surface area contributed by atoms with Crippen molar-refractivity contribution in [2.75, 3.05) is 12.9 Å². The Morgan fingerprint density at radius 3 is 2.38 bits per heavy atom. The molecule has 0 aromatic heterocycles. The van der Waals surface area contributed by atoms with Crippen LogP contribution in [-0.2, 0) is 20.1 Å².